The van der Waals surface area contributed by atoms with Crippen LogP contribution in [0.4, 0.5) is 22.4 Å². The van der Waals surface area contributed by atoms with E-state index >= 15 is 4.39 Å². The van der Waals surface area contributed by atoms with E-state index in [4.69, 9.17) is 16.3 Å². The number of fused-ring (bicyclic) bond motifs is 1. The molecule has 37 heavy (non-hydrogen) atoms. The predicted molar refractivity (Wildman–Crippen MR) is 115 cm³/mol. The first-order valence-corrected chi connectivity index (χ1v) is 11.6. The number of hydrazine groups is 1. The zero-order chi connectivity index (χ0) is 27.1. The summed E-state index contributed by atoms with van der Waals surface area (Å²) < 4.78 is 57.6. The number of benzene rings is 1. The van der Waals surface area contributed by atoms with E-state index in [2.05, 4.69) is 10.6 Å². The molecule has 3 aliphatic heterocycles. The van der Waals surface area contributed by atoms with Crippen LogP contribution in [0.5, 0.6) is 0 Å². The molecule has 0 aromatic heterocycles. The number of carbonyl (C=O) groups excluding carboxylic acids is 4. The van der Waals surface area contributed by atoms with Gasteiger partial charge in [0.25, 0.3) is 11.9 Å². The van der Waals surface area contributed by atoms with Gasteiger partial charge in [-0.3, -0.25) is 19.7 Å². The molecule has 2 fully saturated rings. The highest BCUT2D eigenvalue weighted by Crippen LogP contribution is 2.35. The molecule has 1 aromatic rings. The Morgan fingerprint density at radius 3 is 2.68 bits per heavy atom. The fourth-order valence-corrected chi connectivity index (χ4v) is 4.76. The molecule has 3 aliphatic rings. The molecule has 4 rings (SSSR count). The van der Waals surface area contributed by atoms with Gasteiger partial charge < -0.3 is 15.0 Å². The molecule has 16 heteroatoms. The summed E-state index contributed by atoms with van der Waals surface area (Å²) in [6.45, 7) is -2.64. The highest BCUT2D eigenvalue weighted by molar-refractivity contribution is 6.32. The number of piperidine rings is 1. The van der Waals surface area contributed by atoms with Crippen molar-refractivity contribution in [1.29, 1.82) is 0 Å². The van der Waals surface area contributed by atoms with Gasteiger partial charge in [-0.25, -0.2) is 9.18 Å². The number of ether oxygens (including phenoxy) is 1. The van der Waals surface area contributed by atoms with Gasteiger partial charge in [0.2, 0.25) is 11.8 Å². The van der Waals surface area contributed by atoms with Crippen molar-refractivity contribution in [3.8, 4) is 0 Å². The van der Waals surface area contributed by atoms with E-state index in [1.165, 1.54) is 6.07 Å². The lowest BCUT2D eigenvalue weighted by molar-refractivity contribution is -0.716. The van der Waals surface area contributed by atoms with Crippen LogP contribution in [0.2, 0.25) is 5.02 Å². The van der Waals surface area contributed by atoms with E-state index < -0.39 is 67.6 Å². The third-order valence-electron chi connectivity index (χ3n) is 6.29. The summed E-state index contributed by atoms with van der Waals surface area (Å²) in [5.41, 5.74) is -0.331. The zero-order valence-electron chi connectivity index (χ0n) is 19.1. The quantitative estimate of drug-likeness (QED) is 0.314. The Morgan fingerprint density at radius 2 is 2.00 bits per heavy atom. The number of amides is 4. The summed E-state index contributed by atoms with van der Waals surface area (Å²) in [5, 5.41) is 4.97. The van der Waals surface area contributed by atoms with E-state index in [1.807, 2.05) is 0 Å². The number of halogens is 5. The first-order chi connectivity index (χ1) is 17.4. The Bertz CT molecular complexity index is 1180. The van der Waals surface area contributed by atoms with Gasteiger partial charge >= 0.3 is 12.3 Å². The Hall–Kier alpha value is -3.49. The van der Waals surface area contributed by atoms with Crippen LogP contribution in [-0.4, -0.2) is 76.5 Å². The highest BCUT2D eigenvalue weighted by Gasteiger charge is 2.46. The van der Waals surface area contributed by atoms with Crippen molar-refractivity contribution >= 4 is 35.4 Å². The van der Waals surface area contributed by atoms with Crippen LogP contribution in [-0.2, 0) is 27.4 Å². The maximum atomic E-state index is 15.2. The molecule has 0 spiro atoms. The minimum atomic E-state index is -4.56. The average Bonchev–Trinajstić information content (AvgIpc) is 3.33. The lowest BCUT2D eigenvalue weighted by atomic mass is 10.0. The topological polar surface area (TPSA) is 128 Å². The lowest BCUT2D eigenvalue weighted by Gasteiger charge is -2.29. The molecule has 3 heterocycles. The van der Waals surface area contributed by atoms with Crippen molar-refractivity contribution in [2.45, 2.75) is 50.6 Å². The van der Waals surface area contributed by atoms with E-state index in [0.29, 0.717) is 5.01 Å². The second-order valence-electron chi connectivity index (χ2n) is 8.79. The third-order valence-corrected chi connectivity index (χ3v) is 6.62. The molecule has 2 unspecified atom stereocenters. The molecule has 0 radical (unpaired) electrons. The van der Waals surface area contributed by atoms with Gasteiger partial charge in [-0.05, 0) is 12.5 Å². The standard InChI is InChI=1S/C21H20ClF4N5O6/c22-13-5-10(6-27-20(35)37-8-11-3-4-29(31(11)36)9-21(24,25)26)17(23)16-12(13)7-30(19(16)34)14-1-2-15(32)28-18(14)33/h5,11,14H,1-4,6-9H2,(H-,27,28,32,33,35)/p+1. The number of nitrogens with one attached hydrogen (secondary N) is 2. The van der Waals surface area contributed by atoms with Crippen LogP contribution < -0.4 is 10.6 Å². The van der Waals surface area contributed by atoms with Crippen molar-refractivity contribution in [1.82, 2.24) is 20.5 Å². The number of carbonyl (C=O) groups is 4. The van der Waals surface area contributed by atoms with E-state index in [1.54, 1.807) is 0 Å². The minimum absolute atomic E-state index is 0.0232. The summed E-state index contributed by atoms with van der Waals surface area (Å²) in [7, 11) is 0. The zero-order valence-corrected chi connectivity index (χ0v) is 19.8. The molecule has 0 bridgehead atoms. The Kier molecular flexibility index (Phi) is 7.26. The number of nitrogens with zero attached hydrogens (tertiary/aromatic N) is 3. The number of hydrogen-bond acceptors (Lipinski definition) is 6. The molecule has 0 saturated carbocycles. The van der Waals surface area contributed by atoms with Crippen LogP contribution in [0, 0.1) is 10.7 Å². The SMILES string of the molecule is O=C1CCC(N2Cc3c(Cl)cc(CNC(=O)OCC4CCN(CC(F)(F)F)[N+]4=O)c(F)c3C2=O)C(=O)N1. The Morgan fingerprint density at radius 1 is 1.27 bits per heavy atom. The van der Waals surface area contributed by atoms with E-state index in [0.717, 1.165) is 4.90 Å². The van der Waals surface area contributed by atoms with Gasteiger partial charge in [0.1, 0.15) is 16.7 Å². The van der Waals surface area contributed by atoms with Gasteiger partial charge in [0.15, 0.2) is 13.2 Å². The fourth-order valence-electron chi connectivity index (χ4n) is 4.47. The normalized spacial score (nSPS) is 21.9. The fraction of sp³-hybridized carbons (Fsp3) is 0.524. The van der Waals surface area contributed by atoms with Crippen LogP contribution in [0.3, 0.4) is 0 Å². The van der Waals surface area contributed by atoms with E-state index in [-0.39, 0.29) is 58.9 Å². The van der Waals surface area contributed by atoms with E-state index in [9.17, 15) is 37.3 Å². The number of rotatable bonds is 6. The lowest BCUT2D eigenvalue weighted by Crippen LogP contribution is -2.52. The summed E-state index contributed by atoms with van der Waals surface area (Å²) in [5.74, 6) is -2.87. The average molecular weight is 551 g/mol. The van der Waals surface area contributed by atoms with Crippen LogP contribution in [0.15, 0.2) is 6.07 Å². The van der Waals surface area contributed by atoms with Crippen LogP contribution in [0.25, 0.3) is 0 Å². The highest BCUT2D eigenvalue weighted by atomic mass is 35.5. The summed E-state index contributed by atoms with van der Waals surface area (Å²) in [6, 6.07) is -0.759. The Labute approximate surface area is 211 Å². The number of imide groups is 1. The molecule has 1 aromatic carbocycles. The smallest absolute Gasteiger partial charge is 0.411 e. The second kappa shape index (κ2) is 10.1. The van der Waals surface area contributed by atoms with Gasteiger partial charge in [0.05, 0.1) is 17.0 Å². The van der Waals surface area contributed by atoms with Gasteiger partial charge in [-0.15, -0.1) is 5.01 Å². The number of nitroso groups, excluding NO2 is 1. The number of alkyl halides is 3. The minimum Gasteiger partial charge on any atom is -0.442 e. The van der Waals surface area contributed by atoms with Crippen molar-refractivity contribution < 1.29 is 46.3 Å². The Balaban J connectivity index is 1.35. The summed E-state index contributed by atoms with van der Waals surface area (Å²) in [6.07, 6.45) is -5.46. The molecule has 2 atom stereocenters. The molecule has 11 nitrogen and oxygen atoms in total. The van der Waals surface area contributed by atoms with Crippen molar-refractivity contribution in [2.75, 3.05) is 19.7 Å². The molecule has 2 N–H and O–H groups in total. The predicted octanol–water partition coefficient (Wildman–Crippen LogP) is 1.80. The van der Waals surface area contributed by atoms with Crippen molar-refractivity contribution in [3.05, 3.63) is 38.5 Å². The van der Waals surface area contributed by atoms with Gasteiger partial charge in [-0.1, -0.05) is 11.6 Å². The molecular formula is C21H21ClF4N5O6+. The monoisotopic (exact) mass is 550 g/mol. The molecule has 0 aliphatic carbocycles. The largest absolute Gasteiger partial charge is 0.442 e. The molecule has 4 amide bonds. The van der Waals surface area contributed by atoms with Gasteiger partial charge in [0, 0.05) is 42.1 Å². The third kappa shape index (κ3) is 5.60. The van der Waals surface area contributed by atoms with Gasteiger partial charge in [-0.2, -0.15) is 13.2 Å². The summed E-state index contributed by atoms with van der Waals surface area (Å²) in [4.78, 5) is 61.8. The first kappa shape index (κ1) is 26.6. The first-order valence-electron chi connectivity index (χ1n) is 11.2. The summed E-state index contributed by atoms with van der Waals surface area (Å²) >= 11 is 6.24. The second-order valence-corrected chi connectivity index (χ2v) is 9.19. The van der Waals surface area contributed by atoms with Crippen molar-refractivity contribution in [2.24, 2.45) is 0 Å². The molecule has 2 saturated heterocycles. The van der Waals surface area contributed by atoms with Crippen molar-refractivity contribution in [3.63, 3.8) is 0 Å². The maximum absolute atomic E-state index is 15.2. The maximum Gasteiger partial charge on any atom is 0.411 e. The van der Waals surface area contributed by atoms with Crippen LogP contribution in [0.1, 0.15) is 40.7 Å². The van der Waals surface area contributed by atoms with Crippen LogP contribution >= 0.6 is 11.6 Å². The number of hydrogen-bond donors (Lipinski definition) is 2. The molecular weight excluding hydrogens is 530 g/mol. The molecule has 200 valence electrons. The number of alkyl carbamates (subject to hydrolysis) is 1.